The summed E-state index contributed by atoms with van der Waals surface area (Å²) in [6, 6.07) is 11.8. The summed E-state index contributed by atoms with van der Waals surface area (Å²) >= 11 is 0. The molecule has 7 nitrogen and oxygen atoms in total. The number of anilines is 1. The van der Waals surface area contributed by atoms with Gasteiger partial charge in [-0.25, -0.2) is 4.39 Å². The van der Waals surface area contributed by atoms with Crippen molar-refractivity contribution in [3.8, 4) is 22.9 Å². The van der Waals surface area contributed by atoms with E-state index < -0.39 is 5.82 Å². The summed E-state index contributed by atoms with van der Waals surface area (Å²) in [6.45, 7) is 2.94. The first-order valence-corrected chi connectivity index (χ1v) is 9.29. The average molecular weight is 397 g/mol. The van der Waals surface area contributed by atoms with E-state index in [1.807, 2.05) is 31.2 Å². The number of carbonyl (C=O) groups is 1. The van der Waals surface area contributed by atoms with Crippen LogP contribution in [0.3, 0.4) is 0 Å². The third-order valence-corrected chi connectivity index (χ3v) is 4.79. The predicted octanol–water partition coefficient (Wildman–Crippen LogP) is 3.80. The first-order chi connectivity index (χ1) is 14.1. The smallest absolute Gasteiger partial charge is 0.232 e. The van der Waals surface area contributed by atoms with E-state index in [4.69, 9.17) is 14.0 Å². The van der Waals surface area contributed by atoms with Crippen LogP contribution in [0.4, 0.5) is 10.1 Å². The Hall–Kier alpha value is -3.42. The van der Waals surface area contributed by atoms with Crippen LogP contribution in [0.25, 0.3) is 11.4 Å². The van der Waals surface area contributed by atoms with Crippen LogP contribution in [0.2, 0.25) is 0 Å². The molecule has 1 aliphatic heterocycles. The molecule has 150 valence electrons. The number of ether oxygens (including phenoxy) is 2. The van der Waals surface area contributed by atoms with Crippen molar-refractivity contribution in [2.45, 2.75) is 19.3 Å². The second kappa shape index (κ2) is 7.90. The van der Waals surface area contributed by atoms with Gasteiger partial charge in [0.25, 0.3) is 0 Å². The van der Waals surface area contributed by atoms with Crippen LogP contribution in [-0.2, 0) is 4.79 Å². The van der Waals surface area contributed by atoms with Crippen molar-refractivity contribution in [1.29, 1.82) is 0 Å². The monoisotopic (exact) mass is 397 g/mol. The Bertz CT molecular complexity index is 1020. The van der Waals surface area contributed by atoms with E-state index in [9.17, 15) is 9.18 Å². The first kappa shape index (κ1) is 18.9. The maximum atomic E-state index is 13.9. The Morgan fingerprint density at radius 3 is 2.72 bits per heavy atom. The summed E-state index contributed by atoms with van der Waals surface area (Å²) in [5.74, 6) is 0.783. The molecule has 3 aromatic rings. The molecule has 1 saturated heterocycles. The molecule has 0 spiro atoms. The SMILES string of the molecule is CCOc1ccc(N2CC(c3nc(-c4ccc(OC)c(F)c4)no3)CC2=O)cc1. The van der Waals surface area contributed by atoms with Gasteiger partial charge in [-0.15, -0.1) is 0 Å². The quantitative estimate of drug-likeness (QED) is 0.630. The number of carbonyl (C=O) groups excluding carboxylic acids is 1. The van der Waals surface area contributed by atoms with Crippen LogP contribution in [-0.4, -0.2) is 36.3 Å². The van der Waals surface area contributed by atoms with E-state index in [1.165, 1.54) is 19.2 Å². The number of methoxy groups -OCH3 is 1. The van der Waals surface area contributed by atoms with Crippen molar-refractivity contribution in [3.63, 3.8) is 0 Å². The van der Waals surface area contributed by atoms with Gasteiger partial charge in [0.15, 0.2) is 11.6 Å². The average Bonchev–Trinajstić information content (AvgIpc) is 3.36. The van der Waals surface area contributed by atoms with Gasteiger partial charge in [0.2, 0.25) is 17.6 Å². The van der Waals surface area contributed by atoms with E-state index in [1.54, 1.807) is 11.0 Å². The van der Waals surface area contributed by atoms with Gasteiger partial charge in [-0.1, -0.05) is 5.16 Å². The fourth-order valence-corrected chi connectivity index (χ4v) is 3.34. The van der Waals surface area contributed by atoms with Crippen molar-refractivity contribution in [2.24, 2.45) is 0 Å². The second-order valence-corrected chi connectivity index (χ2v) is 6.64. The molecule has 29 heavy (non-hydrogen) atoms. The molecule has 2 heterocycles. The van der Waals surface area contributed by atoms with Crippen LogP contribution in [0, 0.1) is 5.82 Å². The second-order valence-electron chi connectivity index (χ2n) is 6.64. The highest BCUT2D eigenvalue weighted by Gasteiger charge is 2.35. The standard InChI is InChI=1S/C21H20FN3O4/c1-3-28-16-7-5-15(6-8-16)25-12-14(11-19(25)26)21-23-20(24-29-21)13-4-9-18(27-2)17(22)10-13/h4-10,14H,3,11-12H2,1-2H3. The lowest BCUT2D eigenvalue weighted by Crippen LogP contribution is -2.24. The lowest BCUT2D eigenvalue weighted by Gasteiger charge is -2.16. The summed E-state index contributed by atoms with van der Waals surface area (Å²) in [6.07, 6.45) is 0.270. The fraction of sp³-hybridized carbons (Fsp3) is 0.286. The zero-order valence-corrected chi connectivity index (χ0v) is 16.1. The van der Waals surface area contributed by atoms with E-state index >= 15 is 0 Å². The molecule has 1 amide bonds. The van der Waals surface area contributed by atoms with Crippen molar-refractivity contribution >= 4 is 11.6 Å². The number of amides is 1. The zero-order valence-electron chi connectivity index (χ0n) is 16.1. The Kier molecular flexibility index (Phi) is 5.16. The summed E-state index contributed by atoms with van der Waals surface area (Å²) in [5.41, 5.74) is 1.27. The van der Waals surface area contributed by atoms with Gasteiger partial charge in [0.05, 0.1) is 19.6 Å². The summed E-state index contributed by atoms with van der Waals surface area (Å²) < 4.78 is 29.7. The molecule has 8 heteroatoms. The Morgan fingerprint density at radius 2 is 2.03 bits per heavy atom. The van der Waals surface area contributed by atoms with Gasteiger partial charge >= 0.3 is 0 Å². The fourth-order valence-electron chi connectivity index (χ4n) is 3.34. The largest absolute Gasteiger partial charge is 0.494 e. The molecular weight excluding hydrogens is 377 g/mol. The number of rotatable bonds is 6. The van der Waals surface area contributed by atoms with Gasteiger partial charge in [0, 0.05) is 24.2 Å². The van der Waals surface area contributed by atoms with Crippen LogP contribution >= 0.6 is 0 Å². The predicted molar refractivity (Wildman–Crippen MR) is 104 cm³/mol. The zero-order chi connectivity index (χ0) is 20.4. The summed E-state index contributed by atoms with van der Waals surface area (Å²) in [4.78, 5) is 18.6. The van der Waals surface area contributed by atoms with Gasteiger partial charge in [0.1, 0.15) is 5.75 Å². The molecule has 1 aliphatic rings. The van der Waals surface area contributed by atoms with Gasteiger partial charge in [-0.2, -0.15) is 4.98 Å². The van der Waals surface area contributed by atoms with E-state index in [-0.39, 0.29) is 29.8 Å². The van der Waals surface area contributed by atoms with Crippen LogP contribution in [0.1, 0.15) is 25.2 Å². The molecule has 4 rings (SSSR count). The molecule has 0 aliphatic carbocycles. The van der Waals surface area contributed by atoms with Crippen LogP contribution < -0.4 is 14.4 Å². The number of aromatic nitrogens is 2. The van der Waals surface area contributed by atoms with Gasteiger partial charge < -0.3 is 18.9 Å². The van der Waals surface area contributed by atoms with Gasteiger partial charge in [-0.3, -0.25) is 4.79 Å². The van der Waals surface area contributed by atoms with E-state index in [2.05, 4.69) is 10.1 Å². The highest BCUT2D eigenvalue weighted by molar-refractivity contribution is 5.96. The number of hydrogen-bond acceptors (Lipinski definition) is 6. The Labute approximate surface area is 167 Å². The minimum Gasteiger partial charge on any atom is -0.494 e. The van der Waals surface area contributed by atoms with Crippen molar-refractivity contribution in [3.05, 3.63) is 54.2 Å². The topological polar surface area (TPSA) is 77.7 Å². The highest BCUT2D eigenvalue weighted by Crippen LogP contribution is 2.33. The molecule has 1 fully saturated rings. The normalized spacial score (nSPS) is 16.3. The third kappa shape index (κ3) is 3.78. The Balaban J connectivity index is 1.50. The minimum absolute atomic E-state index is 0.0191. The van der Waals surface area contributed by atoms with Crippen molar-refractivity contribution in [2.75, 3.05) is 25.2 Å². The maximum absolute atomic E-state index is 13.9. The van der Waals surface area contributed by atoms with Crippen LogP contribution in [0.5, 0.6) is 11.5 Å². The molecular formula is C21H20FN3O4. The molecule has 0 bridgehead atoms. The summed E-state index contributed by atoms with van der Waals surface area (Å²) in [7, 11) is 1.40. The lowest BCUT2D eigenvalue weighted by molar-refractivity contribution is -0.117. The number of hydrogen-bond donors (Lipinski definition) is 0. The molecule has 0 radical (unpaired) electrons. The third-order valence-electron chi connectivity index (χ3n) is 4.79. The number of halogens is 1. The number of nitrogens with zero attached hydrogens (tertiary/aromatic N) is 3. The van der Waals surface area contributed by atoms with E-state index in [0.717, 1.165) is 11.4 Å². The number of benzene rings is 2. The molecule has 1 atom stereocenters. The molecule has 0 N–H and O–H groups in total. The molecule has 2 aromatic carbocycles. The highest BCUT2D eigenvalue weighted by atomic mass is 19.1. The molecule has 1 aromatic heterocycles. The maximum Gasteiger partial charge on any atom is 0.232 e. The molecule has 0 saturated carbocycles. The minimum atomic E-state index is -0.505. The van der Waals surface area contributed by atoms with E-state index in [0.29, 0.717) is 24.6 Å². The van der Waals surface area contributed by atoms with Crippen molar-refractivity contribution < 1.29 is 23.2 Å². The van der Waals surface area contributed by atoms with Crippen molar-refractivity contribution in [1.82, 2.24) is 10.1 Å². The molecule has 1 unspecified atom stereocenters. The summed E-state index contributed by atoms with van der Waals surface area (Å²) in [5, 5.41) is 3.94. The van der Waals surface area contributed by atoms with Gasteiger partial charge in [-0.05, 0) is 49.4 Å². The Morgan fingerprint density at radius 1 is 1.24 bits per heavy atom. The first-order valence-electron chi connectivity index (χ1n) is 9.29. The lowest BCUT2D eigenvalue weighted by atomic mass is 10.1. The van der Waals surface area contributed by atoms with Crippen LogP contribution in [0.15, 0.2) is 47.0 Å².